The fourth-order valence-electron chi connectivity index (χ4n) is 2.90. The van der Waals surface area contributed by atoms with Crippen molar-refractivity contribution < 1.29 is 5.11 Å². The lowest BCUT2D eigenvalue weighted by atomic mass is 9.63. The largest absolute Gasteiger partial charge is 0.396 e. The zero-order chi connectivity index (χ0) is 7.68. The maximum Gasteiger partial charge on any atom is 0.0462 e. The van der Waals surface area contributed by atoms with Gasteiger partial charge in [0, 0.05) is 6.61 Å². The van der Waals surface area contributed by atoms with Crippen LogP contribution >= 0.6 is 0 Å². The molecule has 0 amide bonds. The lowest BCUT2D eigenvalue weighted by Crippen LogP contribution is -2.37. The average Bonchev–Trinajstić information content (AvgIpc) is 2.15. The van der Waals surface area contributed by atoms with Gasteiger partial charge in [-0.05, 0) is 30.6 Å². The normalized spacial score (nSPS) is 43.9. The molecule has 2 fully saturated rings. The minimum Gasteiger partial charge on any atom is -0.396 e. The quantitative estimate of drug-likeness (QED) is 0.614. The van der Waals surface area contributed by atoms with Gasteiger partial charge in [0.25, 0.3) is 0 Å². The molecule has 2 saturated carbocycles. The molecule has 0 unspecified atom stereocenters. The van der Waals surface area contributed by atoms with Gasteiger partial charge >= 0.3 is 0 Å². The number of aliphatic hydroxyl groups excluding tert-OH is 1. The molecule has 2 rings (SSSR count). The molecular formula is C10H18O. The molecule has 64 valence electrons. The van der Waals surface area contributed by atoms with Crippen molar-refractivity contribution in [1.82, 2.24) is 0 Å². The van der Waals surface area contributed by atoms with Crippen molar-refractivity contribution in [2.75, 3.05) is 6.61 Å². The predicted molar refractivity (Wildman–Crippen MR) is 45.3 cm³/mol. The highest BCUT2D eigenvalue weighted by Gasteiger charge is 2.39. The molecule has 11 heavy (non-hydrogen) atoms. The van der Waals surface area contributed by atoms with E-state index in [4.69, 9.17) is 5.11 Å². The molecule has 0 aromatic rings. The number of hydrogen-bond acceptors (Lipinski definition) is 1. The van der Waals surface area contributed by atoms with Gasteiger partial charge in [0.15, 0.2) is 0 Å². The molecule has 0 aliphatic heterocycles. The van der Waals surface area contributed by atoms with Crippen LogP contribution in [0.1, 0.15) is 38.5 Å². The van der Waals surface area contributed by atoms with E-state index in [9.17, 15) is 0 Å². The van der Waals surface area contributed by atoms with Crippen molar-refractivity contribution in [2.24, 2.45) is 17.8 Å². The summed E-state index contributed by atoms with van der Waals surface area (Å²) < 4.78 is 0. The second kappa shape index (κ2) is 3.14. The summed E-state index contributed by atoms with van der Waals surface area (Å²) in [4.78, 5) is 0. The van der Waals surface area contributed by atoms with E-state index in [1.54, 1.807) is 0 Å². The fourth-order valence-corrected chi connectivity index (χ4v) is 2.90. The molecule has 0 saturated heterocycles. The van der Waals surface area contributed by atoms with Crippen LogP contribution in [-0.4, -0.2) is 11.7 Å². The Bertz CT molecular complexity index is 133. The van der Waals surface area contributed by atoms with Crippen LogP contribution in [0.25, 0.3) is 0 Å². The van der Waals surface area contributed by atoms with Crippen LogP contribution in [0, 0.1) is 17.8 Å². The third-order valence-corrected chi connectivity index (χ3v) is 3.66. The van der Waals surface area contributed by atoms with Crippen LogP contribution in [-0.2, 0) is 0 Å². The number of fused-ring (bicyclic) bond motifs is 1. The first-order chi connectivity index (χ1) is 5.42. The van der Waals surface area contributed by atoms with Crippen LogP contribution in [0.2, 0.25) is 0 Å². The summed E-state index contributed by atoms with van der Waals surface area (Å²) >= 11 is 0. The van der Waals surface area contributed by atoms with Crippen LogP contribution in [0.15, 0.2) is 0 Å². The van der Waals surface area contributed by atoms with Crippen molar-refractivity contribution in [3.63, 3.8) is 0 Å². The smallest absolute Gasteiger partial charge is 0.0462 e. The number of aliphatic hydroxyl groups is 1. The van der Waals surface area contributed by atoms with Crippen molar-refractivity contribution in [2.45, 2.75) is 38.5 Å². The summed E-state index contributed by atoms with van der Waals surface area (Å²) in [5, 5.41) is 9.02. The molecule has 0 aromatic carbocycles. The summed E-state index contributed by atoms with van der Waals surface area (Å²) in [6.45, 7) is 0.446. The highest BCUT2D eigenvalue weighted by molar-refractivity contribution is 4.89. The molecule has 1 N–H and O–H groups in total. The lowest BCUT2D eigenvalue weighted by Gasteiger charge is -2.43. The van der Waals surface area contributed by atoms with Crippen molar-refractivity contribution in [1.29, 1.82) is 0 Å². The Morgan fingerprint density at radius 3 is 2.73 bits per heavy atom. The van der Waals surface area contributed by atoms with Gasteiger partial charge in [-0.25, -0.2) is 0 Å². The van der Waals surface area contributed by atoms with Crippen molar-refractivity contribution in [3.05, 3.63) is 0 Å². The van der Waals surface area contributed by atoms with Gasteiger partial charge in [-0.15, -0.1) is 0 Å². The summed E-state index contributed by atoms with van der Waals surface area (Å²) in [5.41, 5.74) is 0. The average molecular weight is 154 g/mol. The lowest BCUT2D eigenvalue weighted by molar-refractivity contribution is 0.0181. The van der Waals surface area contributed by atoms with E-state index < -0.39 is 0 Å². The topological polar surface area (TPSA) is 20.2 Å². The van der Waals surface area contributed by atoms with Gasteiger partial charge in [-0.3, -0.25) is 0 Å². The zero-order valence-corrected chi connectivity index (χ0v) is 7.13. The first-order valence-electron chi connectivity index (χ1n) is 5.02. The van der Waals surface area contributed by atoms with E-state index in [0.29, 0.717) is 12.5 Å². The third kappa shape index (κ3) is 1.31. The summed E-state index contributed by atoms with van der Waals surface area (Å²) in [6.07, 6.45) is 8.46. The van der Waals surface area contributed by atoms with E-state index >= 15 is 0 Å². The molecule has 2 aliphatic rings. The summed E-state index contributed by atoms with van der Waals surface area (Å²) in [5.74, 6) is 2.58. The maximum atomic E-state index is 9.02. The maximum absolute atomic E-state index is 9.02. The summed E-state index contributed by atoms with van der Waals surface area (Å²) in [6, 6.07) is 0. The SMILES string of the molecule is OC[C@@H]1C[C@@H]2CCCCC[C@H]12. The molecule has 0 heterocycles. The van der Waals surface area contributed by atoms with E-state index in [1.807, 2.05) is 0 Å². The minimum atomic E-state index is 0.446. The van der Waals surface area contributed by atoms with Gasteiger partial charge in [0.05, 0.1) is 0 Å². The molecule has 0 radical (unpaired) electrons. The monoisotopic (exact) mass is 154 g/mol. The Labute approximate surface area is 68.8 Å². The van der Waals surface area contributed by atoms with E-state index in [2.05, 4.69) is 0 Å². The van der Waals surface area contributed by atoms with Crippen molar-refractivity contribution in [3.8, 4) is 0 Å². The highest BCUT2D eigenvalue weighted by atomic mass is 16.3. The van der Waals surface area contributed by atoms with E-state index in [1.165, 1.54) is 38.5 Å². The molecule has 0 spiro atoms. The molecule has 0 aromatic heterocycles. The Kier molecular flexibility index (Phi) is 2.17. The molecule has 1 heteroatoms. The van der Waals surface area contributed by atoms with Gasteiger partial charge in [-0.2, -0.15) is 0 Å². The molecule has 2 aliphatic carbocycles. The Balaban J connectivity index is 1.90. The Morgan fingerprint density at radius 1 is 1.09 bits per heavy atom. The second-order valence-electron chi connectivity index (χ2n) is 4.24. The van der Waals surface area contributed by atoms with E-state index in [-0.39, 0.29) is 0 Å². The van der Waals surface area contributed by atoms with E-state index in [0.717, 1.165) is 11.8 Å². The highest BCUT2D eigenvalue weighted by Crippen LogP contribution is 2.47. The number of hydrogen-bond donors (Lipinski definition) is 1. The standard InChI is InChI=1S/C10H18O/c11-7-9-6-8-4-2-1-3-5-10(8)9/h8-11H,1-7H2/t8-,9-,10-/m0/s1. The molecule has 3 atom stereocenters. The first kappa shape index (κ1) is 7.60. The Morgan fingerprint density at radius 2 is 1.91 bits per heavy atom. The zero-order valence-electron chi connectivity index (χ0n) is 7.13. The van der Waals surface area contributed by atoms with Crippen LogP contribution in [0.4, 0.5) is 0 Å². The third-order valence-electron chi connectivity index (χ3n) is 3.66. The first-order valence-corrected chi connectivity index (χ1v) is 5.02. The molecule has 0 bridgehead atoms. The molecular weight excluding hydrogens is 136 g/mol. The van der Waals surface area contributed by atoms with Crippen LogP contribution < -0.4 is 0 Å². The van der Waals surface area contributed by atoms with Crippen LogP contribution in [0.5, 0.6) is 0 Å². The van der Waals surface area contributed by atoms with Crippen LogP contribution in [0.3, 0.4) is 0 Å². The van der Waals surface area contributed by atoms with Gasteiger partial charge in [-0.1, -0.05) is 25.7 Å². The number of rotatable bonds is 1. The fraction of sp³-hybridized carbons (Fsp3) is 1.00. The minimum absolute atomic E-state index is 0.446. The van der Waals surface area contributed by atoms with Crippen molar-refractivity contribution >= 4 is 0 Å². The Hall–Kier alpha value is -0.0400. The predicted octanol–water partition coefficient (Wildman–Crippen LogP) is 2.20. The molecule has 1 nitrogen and oxygen atoms in total. The van der Waals surface area contributed by atoms with Gasteiger partial charge < -0.3 is 5.11 Å². The van der Waals surface area contributed by atoms with Gasteiger partial charge in [0.1, 0.15) is 0 Å². The second-order valence-corrected chi connectivity index (χ2v) is 4.24. The summed E-state index contributed by atoms with van der Waals surface area (Å²) in [7, 11) is 0. The van der Waals surface area contributed by atoms with Gasteiger partial charge in [0.2, 0.25) is 0 Å².